The Morgan fingerprint density at radius 2 is 1.74 bits per heavy atom. The number of fused-ring (bicyclic) bond motifs is 3. The second-order valence-electron chi connectivity index (χ2n) is 5.35. The van der Waals surface area contributed by atoms with E-state index in [-0.39, 0.29) is 0 Å². The Labute approximate surface area is 111 Å². The fraction of sp³-hybridized carbons (Fsp3) is 0.200. The second kappa shape index (κ2) is 3.90. The Hall–Kier alpha value is -1.68. The number of hydrogen-bond acceptors (Lipinski definition) is 1. The third kappa shape index (κ3) is 1.63. The molecule has 0 amide bonds. The molecule has 1 heterocycles. The molecule has 3 rings (SSSR count). The molecule has 0 fully saturated rings. The molecule has 2 aromatic carbocycles. The summed E-state index contributed by atoms with van der Waals surface area (Å²) in [5.74, 6) is -0.292. The molecule has 0 atom stereocenters. The van der Waals surface area contributed by atoms with Crippen LogP contribution >= 0.6 is 0 Å². The Balaban J connectivity index is 2.38. The molecule has 0 saturated carbocycles. The number of methoxy groups -OCH3 is 1. The SMILES string of the molecule is COc1ccc2c(c1)-c1c(F)cc(F)cc1[Si]2(C)C. The zero-order valence-electron chi connectivity index (χ0n) is 11.1. The van der Waals surface area contributed by atoms with Gasteiger partial charge in [-0.1, -0.05) is 19.2 Å². The van der Waals surface area contributed by atoms with Crippen LogP contribution in [0.3, 0.4) is 0 Å². The van der Waals surface area contributed by atoms with Crippen LogP contribution in [0.5, 0.6) is 5.75 Å². The first-order valence-corrected chi connectivity index (χ1v) is 9.13. The standard InChI is InChI=1S/C15H14F2OSi/c1-18-10-4-5-13-11(8-10)15-12(17)6-9(16)7-14(15)19(13,2)3/h4-8H,1-3H3. The van der Waals surface area contributed by atoms with E-state index in [1.807, 2.05) is 18.2 Å². The van der Waals surface area contributed by atoms with Crippen LogP contribution in [0.2, 0.25) is 13.1 Å². The average molecular weight is 276 g/mol. The molecule has 98 valence electrons. The zero-order valence-corrected chi connectivity index (χ0v) is 12.1. The number of ether oxygens (including phenoxy) is 1. The van der Waals surface area contributed by atoms with Crippen LogP contribution in [-0.4, -0.2) is 15.2 Å². The van der Waals surface area contributed by atoms with Gasteiger partial charge in [0.2, 0.25) is 0 Å². The van der Waals surface area contributed by atoms with E-state index in [0.717, 1.165) is 22.0 Å². The first kappa shape index (κ1) is 12.4. The van der Waals surface area contributed by atoms with Crippen molar-refractivity contribution in [2.24, 2.45) is 0 Å². The summed E-state index contributed by atoms with van der Waals surface area (Å²) >= 11 is 0. The molecule has 0 radical (unpaired) electrons. The van der Waals surface area contributed by atoms with Gasteiger partial charge in [0.05, 0.1) is 7.11 Å². The van der Waals surface area contributed by atoms with E-state index in [1.165, 1.54) is 6.07 Å². The van der Waals surface area contributed by atoms with E-state index in [4.69, 9.17) is 4.74 Å². The van der Waals surface area contributed by atoms with Gasteiger partial charge in [0.25, 0.3) is 0 Å². The molecule has 1 nitrogen and oxygen atoms in total. The lowest BCUT2D eigenvalue weighted by molar-refractivity contribution is 0.415. The van der Waals surface area contributed by atoms with Crippen molar-refractivity contribution in [2.75, 3.05) is 7.11 Å². The quantitative estimate of drug-likeness (QED) is 0.728. The van der Waals surface area contributed by atoms with Gasteiger partial charge in [-0.05, 0) is 34.1 Å². The van der Waals surface area contributed by atoms with Crippen molar-refractivity contribution in [1.29, 1.82) is 0 Å². The normalized spacial score (nSPS) is 15.0. The van der Waals surface area contributed by atoms with Crippen LogP contribution in [0, 0.1) is 11.6 Å². The van der Waals surface area contributed by atoms with Crippen molar-refractivity contribution in [1.82, 2.24) is 0 Å². The maximum atomic E-state index is 14.2. The van der Waals surface area contributed by atoms with Crippen LogP contribution in [-0.2, 0) is 0 Å². The molecule has 1 aliphatic rings. The fourth-order valence-electron chi connectivity index (χ4n) is 2.89. The summed E-state index contributed by atoms with van der Waals surface area (Å²) in [6.07, 6.45) is 0. The van der Waals surface area contributed by atoms with Crippen LogP contribution in [0.4, 0.5) is 8.78 Å². The van der Waals surface area contributed by atoms with Gasteiger partial charge in [-0.2, -0.15) is 0 Å². The lowest BCUT2D eigenvalue weighted by atomic mass is 10.0. The zero-order chi connectivity index (χ0) is 13.8. The van der Waals surface area contributed by atoms with Crippen molar-refractivity contribution in [3.8, 4) is 16.9 Å². The van der Waals surface area contributed by atoms with Gasteiger partial charge in [-0.25, -0.2) is 8.78 Å². The molecule has 0 saturated heterocycles. The molecular formula is C15H14F2OSi. The van der Waals surface area contributed by atoms with Crippen molar-refractivity contribution in [3.05, 3.63) is 42.0 Å². The van der Waals surface area contributed by atoms with Gasteiger partial charge in [-0.15, -0.1) is 0 Å². The molecule has 4 heteroatoms. The summed E-state index contributed by atoms with van der Waals surface area (Å²) in [4.78, 5) is 0. The Kier molecular flexibility index (Phi) is 2.54. The summed E-state index contributed by atoms with van der Waals surface area (Å²) in [5.41, 5.74) is 1.40. The molecule has 0 unspecified atom stereocenters. The minimum Gasteiger partial charge on any atom is -0.497 e. The third-order valence-electron chi connectivity index (χ3n) is 3.90. The van der Waals surface area contributed by atoms with E-state index in [0.29, 0.717) is 11.3 Å². The second-order valence-corrected chi connectivity index (χ2v) is 9.67. The van der Waals surface area contributed by atoms with Crippen molar-refractivity contribution >= 4 is 18.4 Å². The maximum absolute atomic E-state index is 14.2. The monoisotopic (exact) mass is 276 g/mol. The van der Waals surface area contributed by atoms with Crippen LogP contribution < -0.4 is 15.1 Å². The minimum atomic E-state index is -2.02. The van der Waals surface area contributed by atoms with E-state index < -0.39 is 19.7 Å². The minimum absolute atomic E-state index is 0.484. The highest BCUT2D eigenvalue weighted by molar-refractivity contribution is 7.03. The molecule has 2 aromatic rings. The van der Waals surface area contributed by atoms with Gasteiger partial charge in [0, 0.05) is 11.6 Å². The van der Waals surface area contributed by atoms with Crippen molar-refractivity contribution in [3.63, 3.8) is 0 Å². The summed E-state index contributed by atoms with van der Waals surface area (Å²) in [6.45, 7) is 4.23. The van der Waals surface area contributed by atoms with Gasteiger partial charge in [0.1, 0.15) is 25.5 Å². The maximum Gasteiger partial charge on any atom is 0.133 e. The predicted molar refractivity (Wildman–Crippen MR) is 75.1 cm³/mol. The molecule has 0 aromatic heterocycles. The highest BCUT2D eigenvalue weighted by Crippen LogP contribution is 2.33. The van der Waals surface area contributed by atoms with E-state index in [2.05, 4.69) is 13.1 Å². The first-order chi connectivity index (χ1) is 8.95. The summed E-state index contributed by atoms with van der Waals surface area (Å²) < 4.78 is 32.8. The van der Waals surface area contributed by atoms with Crippen LogP contribution in [0.15, 0.2) is 30.3 Å². The van der Waals surface area contributed by atoms with E-state index in [1.54, 1.807) is 7.11 Å². The number of benzene rings is 2. The fourth-order valence-corrected chi connectivity index (χ4v) is 5.93. The smallest absolute Gasteiger partial charge is 0.133 e. The average Bonchev–Trinajstić information content (AvgIpc) is 2.58. The topological polar surface area (TPSA) is 9.23 Å². The van der Waals surface area contributed by atoms with Crippen molar-refractivity contribution < 1.29 is 13.5 Å². The Morgan fingerprint density at radius 3 is 2.42 bits per heavy atom. The Morgan fingerprint density at radius 1 is 1.00 bits per heavy atom. The molecule has 0 aliphatic carbocycles. The molecule has 0 spiro atoms. The Bertz CT molecular complexity index is 680. The van der Waals surface area contributed by atoms with E-state index >= 15 is 0 Å². The predicted octanol–water partition coefficient (Wildman–Crippen LogP) is 2.78. The van der Waals surface area contributed by atoms with E-state index in [9.17, 15) is 8.78 Å². The van der Waals surface area contributed by atoms with Gasteiger partial charge < -0.3 is 4.74 Å². The van der Waals surface area contributed by atoms with Gasteiger partial charge in [-0.3, -0.25) is 0 Å². The first-order valence-electron chi connectivity index (χ1n) is 6.13. The van der Waals surface area contributed by atoms with Crippen LogP contribution in [0.25, 0.3) is 11.1 Å². The summed E-state index contributed by atoms with van der Waals surface area (Å²) in [7, 11) is -0.431. The highest BCUT2D eigenvalue weighted by Gasteiger charge is 2.39. The van der Waals surface area contributed by atoms with Gasteiger partial charge >= 0.3 is 0 Å². The lowest BCUT2D eigenvalue weighted by Gasteiger charge is -2.18. The molecule has 19 heavy (non-hydrogen) atoms. The number of hydrogen-bond donors (Lipinski definition) is 0. The molecular weight excluding hydrogens is 262 g/mol. The lowest BCUT2D eigenvalue weighted by Crippen LogP contribution is -2.49. The number of halogens is 2. The summed E-state index contributed by atoms with van der Waals surface area (Å²) in [6, 6.07) is 8.15. The largest absolute Gasteiger partial charge is 0.497 e. The molecule has 1 aliphatic heterocycles. The van der Waals surface area contributed by atoms with Gasteiger partial charge in [0.15, 0.2) is 0 Å². The molecule has 0 N–H and O–H groups in total. The highest BCUT2D eigenvalue weighted by atomic mass is 28.3. The summed E-state index contributed by atoms with van der Waals surface area (Å²) in [5, 5.41) is 1.96. The molecule has 0 bridgehead atoms. The third-order valence-corrected chi connectivity index (χ3v) is 7.42. The van der Waals surface area contributed by atoms with Crippen molar-refractivity contribution in [2.45, 2.75) is 13.1 Å². The number of rotatable bonds is 1. The van der Waals surface area contributed by atoms with Crippen LogP contribution in [0.1, 0.15) is 0 Å².